The molecule has 0 aliphatic carbocycles. The zero-order chi connectivity index (χ0) is 22.5. The summed E-state index contributed by atoms with van der Waals surface area (Å²) >= 11 is 1.53. The average Bonchev–Trinajstić information content (AvgIpc) is 3.20. The van der Waals surface area contributed by atoms with Crippen LogP contribution >= 0.6 is 11.3 Å². The van der Waals surface area contributed by atoms with E-state index in [1.165, 1.54) is 38.2 Å². The molecule has 3 aromatic rings. The van der Waals surface area contributed by atoms with Crippen LogP contribution in [0.3, 0.4) is 0 Å². The quantitative estimate of drug-likeness (QED) is 0.496. The molecule has 0 saturated heterocycles. The topological polar surface area (TPSA) is 64.1 Å². The normalized spacial score (nSPS) is 11.1. The van der Waals surface area contributed by atoms with Crippen LogP contribution in [0, 0.1) is 0 Å². The molecule has 0 aliphatic rings. The first kappa shape index (κ1) is 22.8. The minimum absolute atomic E-state index is 0.170. The van der Waals surface area contributed by atoms with Crippen LogP contribution in [0.5, 0.6) is 17.2 Å². The number of aryl methyl sites for hydroxylation is 1. The van der Waals surface area contributed by atoms with Crippen LogP contribution in [-0.4, -0.2) is 64.3 Å². The number of rotatable bonds is 9. The van der Waals surface area contributed by atoms with E-state index in [9.17, 15) is 4.79 Å². The fourth-order valence-corrected chi connectivity index (χ4v) is 4.29. The average molecular weight is 444 g/mol. The van der Waals surface area contributed by atoms with E-state index in [1.807, 2.05) is 25.1 Å². The smallest absolute Gasteiger partial charge is 0.260 e. The molecule has 0 radical (unpaired) electrons. The van der Waals surface area contributed by atoms with Crippen LogP contribution in [0.25, 0.3) is 10.2 Å². The van der Waals surface area contributed by atoms with E-state index < -0.39 is 0 Å². The third-order valence-corrected chi connectivity index (χ3v) is 6.05. The minimum atomic E-state index is -0.170. The number of aromatic nitrogens is 1. The number of amides is 1. The van der Waals surface area contributed by atoms with Gasteiger partial charge in [0.15, 0.2) is 16.6 Å². The number of anilines is 1. The van der Waals surface area contributed by atoms with Gasteiger partial charge in [0.05, 0.1) is 31.5 Å². The number of carbonyl (C=O) groups excluding carboxylic acids is 1. The molecule has 0 spiro atoms. The molecule has 0 unspecified atom stereocenters. The van der Waals surface area contributed by atoms with E-state index in [0.717, 1.165) is 16.6 Å². The Bertz CT molecular complexity index is 1040. The summed E-state index contributed by atoms with van der Waals surface area (Å²) in [7, 11) is 8.57. The minimum Gasteiger partial charge on any atom is -0.493 e. The summed E-state index contributed by atoms with van der Waals surface area (Å²) in [6.07, 6.45) is 0.956. The van der Waals surface area contributed by atoms with Crippen molar-refractivity contribution in [2.75, 3.05) is 53.4 Å². The van der Waals surface area contributed by atoms with Crippen LogP contribution < -0.4 is 19.1 Å². The van der Waals surface area contributed by atoms with Crippen molar-refractivity contribution in [3.8, 4) is 17.2 Å². The van der Waals surface area contributed by atoms with Gasteiger partial charge in [-0.25, -0.2) is 4.98 Å². The Labute approximate surface area is 187 Å². The van der Waals surface area contributed by atoms with Gasteiger partial charge in [-0.1, -0.05) is 24.3 Å². The number of fused-ring (bicyclic) bond motifs is 1. The monoisotopic (exact) mass is 443 g/mol. The van der Waals surface area contributed by atoms with Crippen LogP contribution in [-0.2, 0) is 6.42 Å². The molecule has 7 nitrogen and oxygen atoms in total. The first-order valence-corrected chi connectivity index (χ1v) is 10.9. The Hall–Kier alpha value is -2.84. The van der Waals surface area contributed by atoms with Crippen molar-refractivity contribution in [3.63, 3.8) is 0 Å². The third-order valence-electron chi connectivity index (χ3n) is 5.01. The van der Waals surface area contributed by atoms with Crippen LogP contribution in [0.1, 0.15) is 22.8 Å². The molecule has 0 saturated carbocycles. The van der Waals surface area contributed by atoms with Crippen molar-refractivity contribution in [2.24, 2.45) is 0 Å². The molecule has 0 aliphatic heterocycles. The lowest BCUT2D eigenvalue weighted by molar-refractivity contribution is 0.0984. The maximum atomic E-state index is 13.6. The molecule has 166 valence electrons. The van der Waals surface area contributed by atoms with E-state index in [1.54, 1.807) is 17.0 Å². The van der Waals surface area contributed by atoms with Crippen molar-refractivity contribution in [1.82, 2.24) is 9.88 Å². The number of benzene rings is 2. The maximum absolute atomic E-state index is 13.6. The van der Waals surface area contributed by atoms with E-state index in [0.29, 0.717) is 41.0 Å². The third kappa shape index (κ3) is 4.91. The van der Waals surface area contributed by atoms with Crippen molar-refractivity contribution >= 4 is 32.6 Å². The Kier molecular flexibility index (Phi) is 7.35. The molecule has 0 N–H and O–H groups in total. The van der Waals surface area contributed by atoms with Crippen LogP contribution in [0.15, 0.2) is 30.3 Å². The van der Waals surface area contributed by atoms with Gasteiger partial charge in [-0.2, -0.15) is 0 Å². The molecule has 3 rings (SSSR count). The van der Waals surface area contributed by atoms with Gasteiger partial charge in [-0.3, -0.25) is 9.69 Å². The Morgan fingerprint density at radius 1 is 1.00 bits per heavy atom. The van der Waals surface area contributed by atoms with Crippen molar-refractivity contribution in [2.45, 2.75) is 13.3 Å². The number of nitrogens with zero attached hydrogens (tertiary/aromatic N) is 3. The number of likely N-dealkylation sites (N-methyl/N-ethyl adjacent to an activating group) is 1. The lowest BCUT2D eigenvalue weighted by Gasteiger charge is -2.23. The van der Waals surface area contributed by atoms with Gasteiger partial charge in [-0.05, 0) is 50.3 Å². The second kappa shape index (κ2) is 9.98. The predicted molar refractivity (Wildman–Crippen MR) is 125 cm³/mol. The number of hydrogen-bond donors (Lipinski definition) is 0. The van der Waals surface area contributed by atoms with Crippen molar-refractivity contribution < 1.29 is 19.0 Å². The van der Waals surface area contributed by atoms with E-state index in [2.05, 4.69) is 19.1 Å². The lowest BCUT2D eigenvalue weighted by Crippen LogP contribution is -2.36. The van der Waals surface area contributed by atoms with Crippen molar-refractivity contribution in [1.29, 1.82) is 0 Å². The molecule has 2 aromatic carbocycles. The van der Waals surface area contributed by atoms with Gasteiger partial charge in [0.1, 0.15) is 0 Å². The first-order chi connectivity index (χ1) is 14.9. The molecule has 0 atom stereocenters. The maximum Gasteiger partial charge on any atom is 0.260 e. The van der Waals surface area contributed by atoms with Crippen LogP contribution in [0.2, 0.25) is 0 Å². The largest absolute Gasteiger partial charge is 0.493 e. The molecule has 1 aromatic heterocycles. The highest BCUT2D eigenvalue weighted by Gasteiger charge is 2.24. The molecular weight excluding hydrogens is 414 g/mol. The van der Waals surface area contributed by atoms with Crippen LogP contribution in [0.4, 0.5) is 5.13 Å². The van der Waals surface area contributed by atoms with E-state index in [4.69, 9.17) is 19.2 Å². The zero-order valence-corrected chi connectivity index (χ0v) is 19.7. The first-order valence-electron chi connectivity index (χ1n) is 10.1. The molecule has 31 heavy (non-hydrogen) atoms. The van der Waals surface area contributed by atoms with Gasteiger partial charge in [0.2, 0.25) is 5.75 Å². The van der Waals surface area contributed by atoms with E-state index in [-0.39, 0.29) is 5.91 Å². The summed E-state index contributed by atoms with van der Waals surface area (Å²) in [4.78, 5) is 22.1. The zero-order valence-electron chi connectivity index (χ0n) is 18.9. The summed E-state index contributed by atoms with van der Waals surface area (Å²) < 4.78 is 17.3. The molecular formula is C23H29N3O4S. The Morgan fingerprint density at radius 3 is 2.23 bits per heavy atom. The number of thiazole rings is 1. The Balaban J connectivity index is 2.05. The number of methoxy groups -OCH3 is 3. The summed E-state index contributed by atoms with van der Waals surface area (Å²) in [6.45, 7) is 3.33. The summed E-state index contributed by atoms with van der Waals surface area (Å²) in [5.41, 5.74) is 2.59. The number of carbonyl (C=O) groups is 1. The summed E-state index contributed by atoms with van der Waals surface area (Å²) in [6, 6.07) is 9.59. The van der Waals surface area contributed by atoms with Gasteiger partial charge < -0.3 is 19.1 Å². The number of hydrogen-bond acceptors (Lipinski definition) is 7. The SMILES string of the molecule is CCc1ccc2nc(N(CCN(C)C)C(=O)c3cc(OC)c(OC)c(OC)c3)sc2c1. The molecule has 1 heterocycles. The fraction of sp³-hybridized carbons (Fsp3) is 0.391. The van der Waals surface area contributed by atoms with Gasteiger partial charge in [0.25, 0.3) is 5.91 Å². The predicted octanol–water partition coefficient (Wildman–Crippen LogP) is 4.09. The number of ether oxygens (including phenoxy) is 3. The summed E-state index contributed by atoms with van der Waals surface area (Å²) in [5, 5.41) is 0.670. The molecule has 8 heteroatoms. The second-order valence-electron chi connectivity index (χ2n) is 7.33. The van der Waals surface area contributed by atoms with Gasteiger partial charge in [0, 0.05) is 18.7 Å². The highest BCUT2D eigenvalue weighted by atomic mass is 32.1. The molecule has 1 amide bonds. The van der Waals surface area contributed by atoms with Crippen molar-refractivity contribution in [3.05, 3.63) is 41.5 Å². The fourth-order valence-electron chi connectivity index (χ4n) is 3.24. The highest BCUT2D eigenvalue weighted by molar-refractivity contribution is 7.22. The molecule has 0 fully saturated rings. The van der Waals surface area contributed by atoms with E-state index >= 15 is 0 Å². The van der Waals surface area contributed by atoms with Gasteiger partial charge >= 0.3 is 0 Å². The second-order valence-corrected chi connectivity index (χ2v) is 8.34. The summed E-state index contributed by atoms with van der Waals surface area (Å²) in [5.74, 6) is 1.16. The standard InChI is InChI=1S/C23H29N3O4S/c1-7-15-8-9-17-20(12-15)31-23(24-17)26(11-10-25(2)3)22(27)16-13-18(28-4)21(30-6)19(14-16)29-5/h8-9,12-14H,7,10-11H2,1-6H3. The lowest BCUT2D eigenvalue weighted by atomic mass is 10.1. The Morgan fingerprint density at radius 2 is 1.68 bits per heavy atom. The highest BCUT2D eigenvalue weighted by Crippen LogP contribution is 2.39. The van der Waals surface area contributed by atoms with Gasteiger partial charge in [-0.15, -0.1) is 0 Å². The molecule has 0 bridgehead atoms.